The minimum absolute atomic E-state index is 0.00866. The summed E-state index contributed by atoms with van der Waals surface area (Å²) in [6.07, 6.45) is 1.14. The maximum Gasteiger partial charge on any atom is 0.224 e. The number of benzene rings is 2. The molecule has 0 aliphatic rings. The average molecular weight is 308 g/mol. The number of hydrogen-bond acceptors (Lipinski definition) is 1. The van der Waals surface area contributed by atoms with Crippen LogP contribution in [0.15, 0.2) is 48.5 Å². The fourth-order valence-electron chi connectivity index (χ4n) is 1.89. The summed E-state index contributed by atoms with van der Waals surface area (Å²) >= 11 is 11.7. The molecule has 104 valence electrons. The first kappa shape index (κ1) is 14.9. The normalized spacial score (nSPS) is 10.3. The minimum Gasteiger partial charge on any atom is -0.355 e. The average Bonchev–Trinajstić information content (AvgIpc) is 2.41. The first-order valence-electron chi connectivity index (χ1n) is 6.39. The van der Waals surface area contributed by atoms with E-state index in [1.807, 2.05) is 36.4 Å². The number of hydrogen-bond donors (Lipinski definition) is 1. The molecular weight excluding hydrogens is 293 g/mol. The van der Waals surface area contributed by atoms with Crippen molar-refractivity contribution in [1.82, 2.24) is 5.32 Å². The standard InChI is InChI=1S/C16H15Cl2NO/c17-14-6-4-13(5-7-14)11-16(20)19-9-8-12-2-1-3-15(18)10-12/h1-7,10H,8-9,11H2,(H,19,20). The molecule has 0 atom stereocenters. The molecule has 0 spiro atoms. The molecule has 0 unspecified atom stereocenters. The van der Waals surface area contributed by atoms with Gasteiger partial charge >= 0.3 is 0 Å². The SMILES string of the molecule is O=C(Cc1ccc(Cl)cc1)NCCc1cccc(Cl)c1. The van der Waals surface area contributed by atoms with Crippen LogP contribution in [0.4, 0.5) is 0 Å². The molecule has 1 N–H and O–H groups in total. The second-order valence-corrected chi connectivity index (χ2v) is 5.41. The lowest BCUT2D eigenvalue weighted by molar-refractivity contribution is -0.120. The third kappa shape index (κ3) is 4.87. The Labute approximate surface area is 128 Å². The zero-order valence-corrected chi connectivity index (χ0v) is 12.4. The van der Waals surface area contributed by atoms with E-state index in [9.17, 15) is 4.79 Å². The van der Waals surface area contributed by atoms with Crippen LogP contribution in [0.1, 0.15) is 11.1 Å². The van der Waals surface area contributed by atoms with E-state index >= 15 is 0 Å². The van der Waals surface area contributed by atoms with Gasteiger partial charge in [-0.1, -0.05) is 47.5 Å². The molecule has 2 aromatic carbocycles. The first-order chi connectivity index (χ1) is 9.63. The summed E-state index contributed by atoms with van der Waals surface area (Å²) in [6, 6.07) is 14.9. The summed E-state index contributed by atoms with van der Waals surface area (Å²) in [5.74, 6) is 0.00866. The van der Waals surface area contributed by atoms with Crippen LogP contribution in [0.25, 0.3) is 0 Å². The molecule has 0 aliphatic carbocycles. The van der Waals surface area contributed by atoms with E-state index in [1.165, 1.54) is 0 Å². The van der Waals surface area contributed by atoms with Gasteiger partial charge in [0.2, 0.25) is 5.91 Å². The number of amides is 1. The lowest BCUT2D eigenvalue weighted by Crippen LogP contribution is -2.27. The Morgan fingerprint density at radius 3 is 2.40 bits per heavy atom. The van der Waals surface area contributed by atoms with E-state index in [0.717, 1.165) is 22.6 Å². The van der Waals surface area contributed by atoms with Gasteiger partial charge in [-0.2, -0.15) is 0 Å². The summed E-state index contributed by atoms with van der Waals surface area (Å²) < 4.78 is 0. The molecule has 0 radical (unpaired) electrons. The van der Waals surface area contributed by atoms with Crippen LogP contribution < -0.4 is 5.32 Å². The molecule has 0 bridgehead atoms. The van der Waals surface area contributed by atoms with Gasteiger partial charge in [-0.3, -0.25) is 4.79 Å². The van der Waals surface area contributed by atoms with Gasteiger partial charge in [0, 0.05) is 16.6 Å². The van der Waals surface area contributed by atoms with Crippen molar-refractivity contribution in [1.29, 1.82) is 0 Å². The molecule has 0 heterocycles. The molecule has 0 fully saturated rings. The van der Waals surface area contributed by atoms with Crippen LogP contribution in [0.2, 0.25) is 10.0 Å². The highest BCUT2D eigenvalue weighted by Crippen LogP contribution is 2.11. The molecule has 2 aromatic rings. The number of carbonyl (C=O) groups is 1. The van der Waals surface area contributed by atoms with Crippen LogP contribution in [0, 0.1) is 0 Å². The molecule has 1 amide bonds. The van der Waals surface area contributed by atoms with Crippen LogP contribution in [-0.4, -0.2) is 12.5 Å². The Balaban J connectivity index is 1.76. The highest BCUT2D eigenvalue weighted by molar-refractivity contribution is 6.30. The number of carbonyl (C=O) groups excluding carboxylic acids is 1. The predicted molar refractivity (Wildman–Crippen MR) is 83.3 cm³/mol. The van der Waals surface area contributed by atoms with Gasteiger partial charge in [-0.15, -0.1) is 0 Å². The van der Waals surface area contributed by atoms with Crippen molar-refractivity contribution >= 4 is 29.1 Å². The summed E-state index contributed by atoms with van der Waals surface area (Å²) in [6.45, 7) is 0.604. The van der Waals surface area contributed by atoms with Crippen LogP contribution >= 0.6 is 23.2 Å². The lowest BCUT2D eigenvalue weighted by Gasteiger charge is -2.06. The summed E-state index contributed by atoms with van der Waals surface area (Å²) in [5.41, 5.74) is 2.07. The summed E-state index contributed by atoms with van der Waals surface area (Å²) in [7, 11) is 0. The highest BCUT2D eigenvalue weighted by atomic mass is 35.5. The molecule has 0 saturated carbocycles. The topological polar surface area (TPSA) is 29.1 Å². The number of rotatable bonds is 5. The van der Waals surface area contributed by atoms with E-state index in [1.54, 1.807) is 12.1 Å². The van der Waals surface area contributed by atoms with Gasteiger partial charge in [-0.05, 0) is 41.8 Å². The van der Waals surface area contributed by atoms with E-state index in [-0.39, 0.29) is 5.91 Å². The Bertz CT molecular complexity index is 581. The Kier molecular flexibility index (Phi) is 5.45. The highest BCUT2D eigenvalue weighted by Gasteiger charge is 2.03. The molecule has 4 heteroatoms. The predicted octanol–water partition coefficient (Wildman–Crippen LogP) is 3.89. The molecule has 2 nitrogen and oxygen atoms in total. The second-order valence-electron chi connectivity index (χ2n) is 4.53. The van der Waals surface area contributed by atoms with E-state index in [4.69, 9.17) is 23.2 Å². The van der Waals surface area contributed by atoms with Gasteiger partial charge in [0.05, 0.1) is 6.42 Å². The van der Waals surface area contributed by atoms with Crippen molar-refractivity contribution < 1.29 is 4.79 Å². The third-order valence-electron chi connectivity index (χ3n) is 2.90. The number of halogens is 2. The first-order valence-corrected chi connectivity index (χ1v) is 7.14. The quantitative estimate of drug-likeness (QED) is 0.892. The van der Waals surface area contributed by atoms with Gasteiger partial charge in [-0.25, -0.2) is 0 Å². The zero-order chi connectivity index (χ0) is 14.4. The maximum atomic E-state index is 11.8. The molecular formula is C16H15Cl2NO. The van der Waals surface area contributed by atoms with Gasteiger partial charge in [0.1, 0.15) is 0 Å². The van der Waals surface area contributed by atoms with Crippen molar-refractivity contribution in [2.75, 3.05) is 6.54 Å². The van der Waals surface area contributed by atoms with Gasteiger partial charge in [0.15, 0.2) is 0 Å². The molecule has 0 aromatic heterocycles. The molecule has 2 rings (SSSR count). The third-order valence-corrected chi connectivity index (χ3v) is 3.39. The van der Waals surface area contributed by atoms with E-state index < -0.39 is 0 Å². The zero-order valence-electron chi connectivity index (χ0n) is 10.9. The van der Waals surface area contributed by atoms with Crippen LogP contribution in [0.5, 0.6) is 0 Å². The minimum atomic E-state index is 0.00866. The maximum absolute atomic E-state index is 11.8. The van der Waals surface area contributed by atoms with E-state index in [0.29, 0.717) is 18.0 Å². The fourth-order valence-corrected chi connectivity index (χ4v) is 2.23. The van der Waals surface area contributed by atoms with Crippen molar-refractivity contribution in [2.45, 2.75) is 12.8 Å². The Morgan fingerprint density at radius 1 is 0.950 bits per heavy atom. The summed E-state index contributed by atoms with van der Waals surface area (Å²) in [5, 5.41) is 4.29. The van der Waals surface area contributed by atoms with Crippen molar-refractivity contribution in [3.63, 3.8) is 0 Å². The number of nitrogens with one attached hydrogen (secondary N) is 1. The van der Waals surface area contributed by atoms with E-state index in [2.05, 4.69) is 5.32 Å². The monoisotopic (exact) mass is 307 g/mol. The Morgan fingerprint density at radius 2 is 1.70 bits per heavy atom. The van der Waals surface area contributed by atoms with Crippen molar-refractivity contribution in [3.05, 3.63) is 69.7 Å². The summed E-state index contributed by atoms with van der Waals surface area (Å²) in [4.78, 5) is 11.8. The molecule has 0 aliphatic heterocycles. The molecule has 0 saturated heterocycles. The second kappa shape index (κ2) is 7.32. The largest absolute Gasteiger partial charge is 0.355 e. The van der Waals surface area contributed by atoms with Crippen LogP contribution in [-0.2, 0) is 17.6 Å². The van der Waals surface area contributed by atoms with Crippen molar-refractivity contribution in [3.8, 4) is 0 Å². The Hall–Kier alpha value is -1.51. The van der Waals surface area contributed by atoms with Crippen LogP contribution in [0.3, 0.4) is 0 Å². The molecule has 20 heavy (non-hydrogen) atoms. The van der Waals surface area contributed by atoms with Crippen molar-refractivity contribution in [2.24, 2.45) is 0 Å². The van der Waals surface area contributed by atoms with Gasteiger partial charge in [0.25, 0.3) is 0 Å². The lowest BCUT2D eigenvalue weighted by atomic mass is 10.1. The van der Waals surface area contributed by atoms with Gasteiger partial charge < -0.3 is 5.32 Å². The smallest absolute Gasteiger partial charge is 0.224 e. The fraction of sp³-hybridized carbons (Fsp3) is 0.188.